The molecule has 2 aromatic rings. The molecule has 110 valence electrons. The standard InChI is InChI=1S/C15H20ClFN2S/c1-8(2)10(9(3)4)7-19-14-5-11(16)12(17)6-13(14)18-15(19)20/h5-6,8-10H,7H2,1-4H3,(H,18,20). The van der Waals surface area contributed by atoms with Gasteiger partial charge in [-0.15, -0.1) is 0 Å². The van der Waals surface area contributed by atoms with Gasteiger partial charge in [0.05, 0.1) is 16.1 Å². The third kappa shape index (κ3) is 2.91. The van der Waals surface area contributed by atoms with E-state index in [2.05, 4.69) is 32.7 Å². The Morgan fingerprint density at radius 1 is 1.25 bits per heavy atom. The zero-order valence-corrected chi connectivity index (χ0v) is 13.8. The first-order chi connectivity index (χ1) is 9.31. The van der Waals surface area contributed by atoms with E-state index < -0.39 is 5.82 Å². The van der Waals surface area contributed by atoms with Gasteiger partial charge in [0, 0.05) is 12.6 Å². The van der Waals surface area contributed by atoms with Crippen LogP contribution in [0.15, 0.2) is 12.1 Å². The fourth-order valence-electron chi connectivity index (χ4n) is 2.74. The highest BCUT2D eigenvalue weighted by atomic mass is 35.5. The van der Waals surface area contributed by atoms with Gasteiger partial charge in [0.15, 0.2) is 4.77 Å². The summed E-state index contributed by atoms with van der Waals surface area (Å²) in [5, 5.41) is 0.130. The van der Waals surface area contributed by atoms with Crippen molar-refractivity contribution >= 4 is 34.9 Å². The van der Waals surface area contributed by atoms with Gasteiger partial charge in [-0.1, -0.05) is 39.3 Å². The molecule has 1 N–H and O–H groups in total. The smallest absolute Gasteiger partial charge is 0.178 e. The van der Waals surface area contributed by atoms with Crippen LogP contribution in [0.1, 0.15) is 27.7 Å². The number of aromatic amines is 1. The quantitative estimate of drug-likeness (QED) is 0.747. The van der Waals surface area contributed by atoms with Gasteiger partial charge >= 0.3 is 0 Å². The molecule has 0 aliphatic heterocycles. The Kier molecular flexibility index (Phi) is 4.55. The highest BCUT2D eigenvalue weighted by Gasteiger charge is 2.20. The summed E-state index contributed by atoms with van der Waals surface area (Å²) in [6.45, 7) is 9.69. The Labute approximate surface area is 128 Å². The Morgan fingerprint density at radius 3 is 2.40 bits per heavy atom. The summed E-state index contributed by atoms with van der Waals surface area (Å²) in [7, 11) is 0. The number of hydrogen-bond donors (Lipinski definition) is 1. The lowest BCUT2D eigenvalue weighted by molar-refractivity contribution is 0.253. The average Bonchev–Trinajstić information content (AvgIpc) is 2.61. The molecule has 1 aromatic carbocycles. The maximum absolute atomic E-state index is 13.5. The second-order valence-corrected chi connectivity index (χ2v) is 6.77. The zero-order chi connectivity index (χ0) is 15.0. The summed E-state index contributed by atoms with van der Waals surface area (Å²) in [5.74, 6) is 1.19. The van der Waals surface area contributed by atoms with Crippen LogP contribution in [0, 0.1) is 28.3 Å². The minimum Gasteiger partial charge on any atom is -0.330 e. The monoisotopic (exact) mass is 314 g/mol. The van der Waals surface area contributed by atoms with Crippen LogP contribution < -0.4 is 0 Å². The SMILES string of the molecule is CC(C)C(Cn1c(=S)[nH]c2cc(F)c(Cl)cc21)C(C)C. The van der Waals surface area contributed by atoms with Crippen molar-refractivity contribution in [2.24, 2.45) is 17.8 Å². The second kappa shape index (κ2) is 5.86. The molecule has 0 aliphatic rings. The summed E-state index contributed by atoms with van der Waals surface area (Å²) in [6, 6.07) is 3.06. The minimum atomic E-state index is -0.424. The number of fused-ring (bicyclic) bond motifs is 1. The number of nitrogens with zero attached hydrogens (tertiary/aromatic N) is 1. The molecule has 0 aliphatic carbocycles. The second-order valence-electron chi connectivity index (χ2n) is 5.98. The fourth-order valence-corrected chi connectivity index (χ4v) is 3.18. The van der Waals surface area contributed by atoms with Crippen molar-refractivity contribution in [2.45, 2.75) is 34.2 Å². The van der Waals surface area contributed by atoms with E-state index in [9.17, 15) is 4.39 Å². The van der Waals surface area contributed by atoms with Gasteiger partial charge in [0.25, 0.3) is 0 Å². The van der Waals surface area contributed by atoms with Gasteiger partial charge in [-0.25, -0.2) is 4.39 Å². The maximum Gasteiger partial charge on any atom is 0.178 e. The molecule has 1 heterocycles. The number of aromatic nitrogens is 2. The van der Waals surface area contributed by atoms with Gasteiger partial charge < -0.3 is 9.55 Å². The molecule has 0 saturated carbocycles. The topological polar surface area (TPSA) is 20.7 Å². The molecule has 0 saturated heterocycles. The van der Waals surface area contributed by atoms with Crippen molar-refractivity contribution in [3.05, 3.63) is 27.7 Å². The lowest BCUT2D eigenvalue weighted by Gasteiger charge is -2.25. The van der Waals surface area contributed by atoms with E-state index in [4.69, 9.17) is 23.8 Å². The van der Waals surface area contributed by atoms with E-state index in [0.29, 0.717) is 28.0 Å². The molecule has 0 unspecified atom stereocenters. The molecule has 20 heavy (non-hydrogen) atoms. The van der Waals surface area contributed by atoms with E-state index in [-0.39, 0.29) is 5.02 Å². The molecule has 0 radical (unpaired) electrons. The summed E-state index contributed by atoms with van der Waals surface area (Å²) in [6.07, 6.45) is 0. The van der Waals surface area contributed by atoms with E-state index >= 15 is 0 Å². The normalized spacial score (nSPS) is 12.2. The van der Waals surface area contributed by atoms with Crippen LogP contribution in [0.25, 0.3) is 11.0 Å². The van der Waals surface area contributed by atoms with Gasteiger partial charge in [-0.3, -0.25) is 0 Å². The van der Waals surface area contributed by atoms with Crippen LogP contribution in [0.5, 0.6) is 0 Å². The number of H-pyrrole nitrogens is 1. The summed E-state index contributed by atoms with van der Waals surface area (Å²) in [4.78, 5) is 3.06. The van der Waals surface area contributed by atoms with Crippen LogP contribution in [-0.4, -0.2) is 9.55 Å². The number of imidazole rings is 1. The first-order valence-corrected chi connectivity index (χ1v) is 7.67. The van der Waals surface area contributed by atoms with Crippen LogP contribution in [-0.2, 0) is 6.54 Å². The lowest BCUT2D eigenvalue weighted by atomic mass is 9.85. The first-order valence-electron chi connectivity index (χ1n) is 6.88. The van der Waals surface area contributed by atoms with Crippen LogP contribution in [0.3, 0.4) is 0 Å². The summed E-state index contributed by atoms with van der Waals surface area (Å²) < 4.78 is 16.2. The van der Waals surface area contributed by atoms with Crippen molar-refractivity contribution in [3.8, 4) is 0 Å². The number of hydrogen-bond acceptors (Lipinski definition) is 1. The molecular weight excluding hydrogens is 295 g/mol. The van der Waals surface area contributed by atoms with Crippen molar-refractivity contribution in [3.63, 3.8) is 0 Å². The van der Waals surface area contributed by atoms with E-state index in [1.165, 1.54) is 6.07 Å². The molecule has 2 nitrogen and oxygen atoms in total. The maximum atomic E-state index is 13.5. The van der Waals surface area contributed by atoms with E-state index in [1.54, 1.807) is 6.07 Å². The van der Waals surface area contributed by atoms with Crippen molar-refractivity contribution in [1.29, 1.82) is 0 Å². The predicted octanol–water partition coefficient (Wildman–Crippen LogP) is 5.42. The number of nitrogens with one attached hydrogen (secondary N) is 1. The molecule has 2 rings (SSSR count). The van der Waals surface area contributed by atoms with Gasteiger partial charge in [-0.05, 0) is 36.0 Å². The van der Waals surface area contributed by atoms with Gasteiger partial charge in [0.2, 0.25) is 0 Å². The molecular formula is C15H20ClFN2S. The van der Waals surface area contributed by atoms with Crippen LogP contribution >= 0.6 is 23.8 Å². The van der Waals surface area contributed by atoms with Crippen molar-refractivity contribution in [2.75, 3.05) is 0 Å². The minimum absolute atomic E-state index is 0.130. The zero-order valence-electron chi connectivity index (χ0n) is 12.2. The van der Waals surface area contributed by atoms with Crippen molar-refractivity contribution in [1.82, 2.24) is 9.55 Å². The Morgan fingerprint density at radius 2 is 1.85 bits per heavy atom. The van der Waals surface area contributed by atoms with Crippen LogP contribution in [0.2, 0.25) is 5.02 Å². The first kappa shape index (κ1) is 15.5. The van der Waals surface area contributed by atoms with E-state index in [0.717, 1.165) is 12.1 Å². The average molecular weight is 315 g/mol. The summed E-state index contributed by atoms with van der Waals surface area (Å²) in [5.41, 5.74) is 1.57. The number of benzene rings is 1. The predicted molar refractivity (Wildman–Crippen MR) is 85.3 cm³/mol. The van der Waals surface area contributed by atoms with E-state index in [1.807, 2.05) is 4.57 Å². The molecule has 0 fully saturated rings. The largest absolute Gasteiger partial charge is 0.330 e. The lowest BCUT2D eigenvalue weighted by Crippen LogP contribution is -2.21. The van der Waals surface area contributed by atoms with Crippen LogP contribution in [0.4, 0.5) is 4.39 Å². The fraction of sp³-hybridized carbons (Fsp3) is 0.533. The number of rotatable bonds is 4. The van der Waals surface area contributed by atoms with Gasteiger partial charge in [-0.2, -0.15) is 0 Å². The van der Waals surface area contributed by atoms with Gasteiger partial charge in [0.1, 0.15) is 5.82 Å². The molecule has 5 heteroatoms. The summed E-state index contributed by atoms with van der Waals surface area (Å²) >= 11 is 11.3. The molecule has 0 bridgehead atoms. The van der Waals surface area contributed by atoms with Crippen molar-refractivity contribution < 1.29 is 4.39 Å². The molecule has 0 amide bonds. The highest BCUT2D eigenvalue weighted by molar-refractivity contribution is 7.71. The Bertz CT molecular complexity index is 664. The third-order valence-electron chi connectivity index (χ3n) is 3.92. The Balaban J connectivity index is 2.51. The molecule has 0 atom stereocenters. The molecule has 0 spiro atoms. The molecule has 1 aromatic heterocycles. The third-order valence-corrected chi connectivity index (χ3v) is 4.53. The highest BCUT2D eigenvalue weighted by Crippen LogP contribution is 2.27. The Hall–Kier alpha value is -0.870. The number of halogens is 2.